The van der Waals surface area contributed by atoms with Gasteiger partial charge in [0.25, 0.3) is 0 Å². The fourth-order valence-corrected chi connectivity index (χ4v) is 11.4. The summed E-state index contributed by atoms with van der Waals surface area (Å²) in [5.74, 6) is 0.648. The number of aromatic nitrogens is 8. The van der Waals surface area contributed by atoms with Crippen LogP contribution in [0.15, 0.2) is 243 Å². The first-order valence-corrected chi connectivity index (χ1v) is 25.2. The smallest absolute Gasteiger partial charge is 0.160 e. The Labute approximate surface area is 428 Å². The summed E-state index contributed by atoms with van der Waals surface area (Å²) in [5, 5.41) is 6.81. The van der Waals surface area contributed by atoms with E-state index in [1.54, 1.807) is 0 Å². The predicted octanol–water partition coefficient (Wildman–Crippen LogP) is 16.3. The van der Waals surface area contributed by atoms with E-state index in [0.717, 1.165) is 144 Å². The first-order chi connectivity index (χ1) is 37.1. The Bertz CT molecular complexity index is 4470. The van der Waals surface area contributed by atoms with E-state index >= 15 is 0 Å². The molecule has 0 aliphatic rings. The molecule has 0 atom stereocenters. The molecule has 16 aromatic rings. The number of pyridine rings is 3. The molecule has 7 aromatic heterocycles. The van der Waals surface area contributed by atoms with Crippen molar-refractivity contribution < 1.29 is 0 Å². The average Bonchev–Trinajstić information content (AvgIpc) is 4.23. The zero-order chi connectivity index (χ0) is 49.1. The molecule has 0 saturated heterocycles. The molecule has 0 fully saturated rings. The van der Waals surface area contributed by atoms with Gasteiger partial charge in [0.15, 0.2) is 5.82 Å². The average molecular weight is 957 g/mol. The number of imidazole rings is 3. The van der Waals surface area contributed by atoms with Crippen LogP contribution in [0.2, 0.25) is 0 Å². The first-order valence-electron chi connectivity index (χ1n) is 25.2. The van der Waals surface area contributed by atoms with E-state index in [1.165, 1.54) is 0 Å². The maximum absolute atomic E-state index is 5.34. The highest BCUT2D eigenvalue weighted by Crippen LogP contribution is 2.39. The van der Waals surface area contributed by atoms with E-state index in [2.05, 4.69) is 238 Å². The number of benzene rings is 9. The third-order valence-electron chi connectivity index (χ3n) is 15.1. The lowest BCUT2D eigenvalue weighted by molar-refractivity contribution is 1.18. The van der Waals surface area contributed by atoms with Crippen LogP contribution >= 0.6 is 0 Å². The monoisotopic (exact) mass is 956 g/mol. The Balaban J connectivity index is 0.824. The predicted molar refractivity (Wildman–Crippen MR) is 306 cm³/mol. The topological polar surface area (TPSA) is 77.7 Å². The lowest BCUT2D eigenvalue weighted by Crippen LogP contribution is -1.97. The second-order valence-corrected chi connectivity index (χ2v) is 19.3. The van der Waals surface area contributed by atoms with Crippen LogP contribution in [0.25, 0.3) is 150 Å². The zero-order valence-corrected chi connectivity index (χ0v) is 40.2. The van der Waals surface area contributed by atoms with Crippen LogP contribution in [-0.2, 0) is 0 Å². The van der Waals surface area contributed by atoms with Gasteiger partial charge in [-0.2, -0.15) is 0 Å². The molecule has 0 aliphatic carbocycles. The molecule has 9 aromatic carbocycles. The van der Waals surface area contributed by atoms with Crippen LogP contribution in [0.3, 0.4) is 0 Å². The van der Waals surface area contributed by atoms with Gasteiger partial charge in [-0.25, -0.2) is 24.9 Å². The van der Waals surface area contributed by atoms with E-state index < -0.39 is 0 Å². The van der Waals surface area contributed by atoms with Crippen molar-refractivity contribution in [1.82, 2.24) is 38.1 Å². The lowest BCUT2D eigenvalue weighted by Gasteiger charge is -2.13. The zero-order valence-electron chi connectivity index (χ0n) is 40.2. The number of hydrogen-bond donors (Lipinski definition) is 0. The molecule has 16 rings (SSSR count). The highest BCUT2D eigenvalue weighted by molar-refractivity contribution is 6.08. The van der Waals surface area contributed by atoms with Crippen LogP contribution in [0.5, 0.6) is 0 Å². The molecule has 0 aliphatic heterocycles. The van der Waals surface area contributed by atoms with E-state index in [4.69, 9.17) is 24.9 Å². The van der Waals surface area contributed by atoms with Gasteiger partial charge in [0, 0.05) is 68.1 Å². The van der Waals surface area contributed by atoms with Crippen LogP contribution in [0.4, 0.5) is 0 Å². The number of rotatable bonds is 6. The summed E-state index contributed by atoms with van der Waals surface area (Å²) in [7, 11) is 0. The van der Waals surface area contributed by atoms with Gasteiger partial charge in [-0.3, -0.25) is 13.2 Å². The van der Waals surface area contributed by atoms with Crippen LogP contribution in [-0.4, -0.2) is 38.1 Å². The standard InChI is InChI=1S/C67H40N8/c1-4-16-50-47(13-1)53(38-73-61-22-10-7-19-56(61)70-65(50)73)41-25-31-44(32-26-41)59-37-60(45-33-27-42(28-34-45)54-39-74-62-23-11-8-20-57(62)71-66(74)51-17-5-2-14-48(51)54)69-64(68-59)46-35-29-43(30-36-46)55-40-75-63-24-12-9-21-58(63)72-67(75)52-18-6-3-15-49(52)55/h1-40H. The van der Waals surface area contributed by atoms with Gasteiger partial charge in [-0.05, 0) is 75.3 Å². The molecule has 0 saturated carbocycles. The summed E-state index contributed by atoms with van der Waals surface area (Å²) in [6.07, 6.45) is 6.68. The molecule has 8 heteroatoms. The first kappa shape index (κ1) is 41.3. The molecule has 7 heterocycles. The maximum Gasteiger partial charge on any atom is 0.160 e. The number of para-hydroxylation sites is 6. The quantitative estimate of drug-likeness (QED) is 0.166. The SMILES string of the molecule is c1ccc2c(c1)nc1c3ccccc3c(-c3ccc(-c4cc(-c5ccc(-c6cn7c8ccccc8nc7c7ccccc67)cc5)nc(-c5ccc(-c6cn7c8ccccc8nc7c7ccccc67)cc5)n4)cc3)cn21. The number of hydrogen-bond acceptors (Lipinski definition) is 5. The Morgan fingerprint density at radius 3 is 0.867 bits per heavy atom. The van der Waals surface area contributed by atoms with E-state index in [9.17, 15) is 0 Å². The van der Waals surface area contributed by atoms with Crippen molar-refractivity contribution in [3.8, 4) is 67.3 Å². The van der Waals surface area contributed by atoms with Crippen molar-refractivity contribution in [2.75, 3.05) is 0 Å². The summed E-state index contributed by atoms with van der Waals surface area (Å²) in [5.41, 5.74) is 20.4. The Morgan fingerprint density at radius 1 is 0.240 bits per heavy atom. The largest absolute Gasteiger partial charge is 0.298 e. The Hall–Kier alpha value is -10.3. The van der Waals surface area contributed by atoms with Gasteiger partial charge in [0.2, 0.25) is 0 Å². The van der Waals surface area contributed by atoms with Crippen molar-refractivity contribution in [3.05, 3.63) is 243 Å². The third-order valence-corrected chi connectivity index (χ3v) is 15.1. The minimum atomic E-state index is 0.648. The summed E-state index contributed by atoms with van der Waals surface area (Å²) in [6.45, 7) is 0. The van der Waals surface area contributed by atoms with Gasteiger partial charge in [-0.15, -0.1) is 0 Å². The van der Waals surface area contributed by atoms with Crippen LogP contribution in [0.1, 0.15) is 0 Å². The van der Waals surface area contributed by atoms with E-state index in [0.29, 0.717) is 5.82 Å². The molecular formula is C67H40N8. The highest BCUT2D eigenvalue weighted by atomic mass is 15.0. The number of fused-ring (bicyclic) bond motifs is 15. The molecule has 0 amide bonds. The molecule has 8 nitrogen and oxygen atoms in total. The molecule has 0 spiro atoms. The highest BCUT2D eigenvalue weighted by Gasteiger charge is 2.18. The molecule has 75 heavy (non-hydrogen) atoms. The fourth-order valence-electron chi connectivity index (χ4n) is 11.4. The molecule has 0 N–H and O–H groups in total. The molecule has 0 radical (unpaired) electrons. The van der Waals surface area contributed by atoms with Crippen molar-refractivity contribution in [1.29, 1.82) is 0 Å². The van der Waals surface area contributed by atoms with Gasteiger partial charge >= 0.3 is 0 Å². The summed E-state index contributed by atoms with van der Waals surface area (Å²) >= 11 is 0. The Kier molecular flexibility index (Phi) is 8.87. The number of nitrogens with zero attached hydrogens (tertiary/aromatic N) is 8. The summed E-state index contributed by atoms with van der Waals surface area (Å²) in [6, 6.07) is 79.0. The summed E-state index contributed by atoms with van der Waals surface area (Å²) in [4.78, 5) is 25.8. The second-order valence-electron chi connectivity index (χ2n) is 19.3. The van der Waals surface area contributed by atoms with Crippen molar-refractivity contribution in [2.24, 2.45) is 0 Å². The third kappa shape index (κ3) is 6.46. The minimum Gasteiger partial charge on any atom is -0.298 e. The summed E-state index contributed by atoms with van der Waals surface area (Å²) < 4.78 is 6.67. The van der Waals surface area contributed by atoms with Crippen molar-refractivity contribution in [3.63, 3.8) is 0 Å². The van der Waals surface area contributed by atoms with Gasteiger partial charge in [0.05, 0.1) is 44.5 Å². The van der Waals surface area contributed by atoms with Crippen LogP contribution in [0, 0.1) is 0 Å². The van der Waals surface area contributed by atoms with E-state index in [1.807, 2.05) is 18.2 Å². The van der Waals surface area contributed by atoms with E-state index in [-0.39, 0.29) is 0 Å². The molecule has 348 valence electrons. The normalized spacial score (nSPS) is 12.0. The van der Waals surface area contributed by atoms with Crippen LogP contribution < -0.4 is 0 Å². The van der Waals surface area contributed by atoms with Gasteiger partial charge < -0.3 is 0 Å². The second kappa shape index (κ2) is 16.1. The Morgan fingerprint density at radius 2 is 0.520 bits per heavy atom. The molecule has 0 unspecified atom stereocenters. The van der Waals surface area contributed by atoms with Gasteiger partial charge in [-0.1, -0.05) is 182 Å². The molecule has 0 bridgehead atoms. The lowest BCUT2D eigenvalue weighted by atomic mass is 9.97. The maximum atomic E-state index is 5.34. The minimum absolute atomic E-state index is 0.648. The van der Waals surface area contributed by atoms with Crippen molar-refractivity contribution in [2.45, 2.75) is 0 Å². The van der Waals surface area contributed by atoms with Crippen molar-refractivity contribution >= 4 is 82.4 Å². The molecular weight excluding hydrogens is 917 g/mol. The fraction of sp³-hybridized carbons (Fsp3) is 0. The van der Waals surface area contributed by atoms with Gasteiger partial charge in [0.1, 0.15) is 16.9 Å².